The zero-order valence-electron chi connectivity index (χ0n) is 2.83. The fraction of sp³-hybridized carbons (Fsp3) is 0. The van der Waals surface area contributed by atoms with Gasteiger partial charge in [0.15, 0.2) is 0 Å². The summed E-state index contributed by atoms with van der Waals surface area (Å²) in [4.78, 5) is 21.7. The van der Waals surface area contributed by atoms with E-state index in [4.69, 9.17) is 14.7 Å². The SMILES string of the molecule is OP(O)O.P.[Rh]. The van der Waals surface area contributed by atoms with Gasteiger partial charge in [-0.05, 0) is 0 Å². The predicted molar refractivity (Wildman–Crippen MR) is 24.7 cm³/mol. The van der Waals surface area contributed by atoms with Crippen molar-refractivity contribution in [1.82, 2.24) is 0 Å². The molecule has 3 N–H and O–H groups in total. The third kappa shape index (κ3) is 54.9. The molecule has 0 aromatic heterocycles. The third-order valence-corrected chi connectivity index (χ3v) is 0. The van der Waals surface area contributed by atoms with Crippen LogP contribution < -0.4 is 0 Å². The molecule has 0 aliphatic rings. The van der Waals surface area contributed by atoms with Gasteiger partial charge in [0.05, 0.1) is 0 Å². The van der Waals surface area contributed by atoms with Crippen LogP contribution in [-0.2, 0) is 19.5 Å². The fourth-order valence-electron chi connectivity index (χ4n) is 0. The van der Waals surface area contributed by atoms with Crippen LogP contribution in [0.5, 0.6) is 0 Å². The predicted octanol–water partition coefficient (Wildman–Crippen LogP) is -0.754. The van der Waals surface area contributed by atoms with Gasteiger partial charge in [0.1, 0.15) is 0 Å². The second-order valence-electron chi connectivity index (χ2n) is 0.268. The molecule has 0 heterocycles. The zero-order chi connectivity index (χ0) is 3.58. The van der Waals surface area contributed by atoms with E-state index in [2.05, 4.69) is 0 Å². The van der Waals surface area contributed by atoms with Crippen LogP contribution in [0.25, 0.3) is 0 Å². The average molecular weight is 219 g/mol. The Morgan fingerprint density at radius 3 is 1.00 bits per heavy atom. The van der Waals surface area contributed by atoms with E-state index >= 15 is 0 Å². The quantitative estimate of drug-likeness (QED) is 0.371. The summed E-state index contributed by atoms with van der Waals surface area (Å²) in [5, 5.41) is 0. The minimum atomic E-state index is -2.62. The molecule has 1 atom stereocenters. The third-order valence-electron chi connectivity index (χ3n) is 0. The van der Waals surface area contributed by atoms with Gasteiger partial charge in [0, 0.05) is 19.5 Å². The Morgan fingerprint density at radius 1 is 1.00 bits per heavy atom. The molecule has 1 radical (unpaired) electrons. The molecule has 1 unspecified atom stereocenters. The Hall–Kier alpha value is 1.36. The molecule has 3 nitrogen and oxygen atoms in total. The van der Waals surface area contributed by atoms with Gasteiger partial charge in [-0.3, -0.25) is 0 Å². The van der Waals surface area contributed by atoms with E-state index in [-0.39, 0.29) is 29.4 Å². The largest absolute Gasteiger partial charge is 0.328 e. The first-order chi connectivity index (χ1) is 1.73. The van der Waals surface area contributed by atoms with Crippen LogP contribution in [-0.4, -0.2) is 14.7 Å². The van der Waals surface area contributed by atoms with Crippen molar-refractivity contribution in [3.8, 4) is 0 Å². The van der Waals surface area contributed by atoms with E-state index in [0.717, 1.165) is 0 Å². The molecular formula is H6O3P2Rh. The molecule has 6 heteroatoms. The first kappa shape index (κ1) is 15.7. The minimum Gasteiger partial charge on any atom is -0.328 e. The maximum atomic E-state index is 7.23. The minimum absolute atomic E-state index is 0. The molecule has 0 aliphatic carbocycles. The van der Waals surface area contributed by atoms with Gasteiger partial charge in [-0.25, -0.2) is 0 Å². The van der Waals surface area contributed by atoms with E-state index in [1.165, 1.54) is 0 Å². The molecule has 0 saturated heterocycles. The van der Waals surface area contributed by atoms with Crippen molar-refractivity contribution in [2.24, 2.45) is 0 Å². The second-order valence-corrected chi connectivity index (χ2v) is 0.805. The molecule has 43 valence electrons. The molecule has 0 spiro atoms. The van der Waals surface area contributed by atoms with Crippen molar-refractivity contribution in [1.29, 1.82) is 0 Å². The van der Waals surface area contributed by atoms with Gasteiger partial charge in [0.2, 0.25) is 0 Å². The van der Waals surface area contributed by atoms with E-state index in [9.17, 15) is 0 Å². The Morgan fingerprint density at radius 2 is 1.00 bits per heavy atom. The molecule has 0 rings (SSSR count). The summed E-state index contributed by atoms with van der Waals surface area (Å²) in [5.74, 6) is 0. The zero-order valence-corrected chi connectivity index (χ0v) is 6.78. The van der Waals surface area contributed by atoms with Crippen molar-refractivity contribution in [2.75, 3.05) is 0 Å². The fourth-order valence-corrected chi connectivity index (χ4v) is 0. The van der Waals surface area contributed by atoms with E-state index in [0.29, 0.717) is 0 Å². The van der Waals surface area contributed by atoms with Crippen LogP contribution in [0, 0.1) is 0 Å². The monoisotopic (exact) mass is 219 g/mol. The molecule has 0 aromatic rings. The Balaban J connectivity index is -0.0000000450. The van der Waals surface area contributed by atoms with Crippen LogP contribution >= 0.6 is 18.5 Å². The molecule has 0 saturated carbocycles. The Bertz CT molecular complexity index is 13.5. The maximum absolute atomic E-state index is 7.23. The number of hydrogen-bond donors (Lipinski definition) is 3. The van der Waals surface area contributed by atoms with Crippen molar-refractivity contribution in [3.63, 3.8) is 0 Å². The molecule has 0 aromatic carbocycles. The molecular weight excluding hydrogens is 213 g/mol. The van der Waals surface area contributed by atoms with Crippen molar-refractivity contribution in [3.05, 3.63) is 0 Å². The maximum Gasteiger partial charge on any atom is 0.324 e. The molecule has 0 aliphatic heterocycles. The van der Waals surface area contributed by atoms with Gasteiger partial charge in [0.25, 0.3) is 0 Å². The Labute approximate surface area is 53.2 Å². The van der Waals surface area contributed by atoms with Gasteiger partial charge < -0.3 is 14.7 Å². The van der Waals surface area contributed by atoms with E-state index in [1.54, 1.807) is 0 Å². The number of rotatable bonds is 0. The first-order valence-corrected chi connectivity index (χ1v) is 1.80. The van der Waals surface area contributed by atoms with Crippen LogP contribution in [0.4, 0.5) is 0 Å². The van der Waals surface area contributed by atoms with Crippen molar-refractivity contribution < 1.29 is 34.2 Å². The van der Waals surface area contributed by atoms with Gasteiger partial charge in [-0.2, -0.15) is 9.90 Å². The average Bonchev–Trinajstić information content (AvgIpc) is 0.811. The smallest absolute Gasteiger partial charge is 0.324 e. The number of hydrogen-bond acceptors (Lipinski definition) is 3. The standard InChI is InChI=1S/H3O3P.H3P.Rh/c1-4(2)3;;/h1-3H;1H3;. The summed E-state index contributed by atoms with van der Waals surface area (Å²) in [5.41, 5.74) is 0. The molecule has 0 bridgehead atoms. The van der Waals surface area contributed by atoms with Crippen LogP contribution in [0.15, 0.2) is 0 Å². The summed E-state index contributed by atoms with van der Waals surface area (Å²) in [6, 6.07) is 0. The summed E-state index contributed by atoms with van der Waals surface area (Å²) in [6.45, 7) is 0. The summed E-state index contributed by atoms with van der Waals surface area (Å²) in [7, 11) is -2.62. The second kappa shape index (κ2) is 9.61. The molecule has 0 fully saturated rings. The molecule has 6 heavy (non-hydrogen) atoms. The molecule has 0 amide bonds. The van der Waals surface area contributed by atoms with Crippen molar-refractivity contribution >= 4 is 18.5 Å². The van der Waals surface area contributed by atoms with Gasteiger partial charge in [-0.15, -0.1) is 0 Å². The first-order valence-electron chi connectivity index (χ1n) is 0.600. The van der Waals surface area contributed by atoms with Crippen molar-refractivity contribution in [2.45, 2.75) is 0 Å². The summed E-state index contributed by atoms with van der Waals surface area (Å²) >= 11 is 0. The van der Waals surface area contributed by atoms with Gasteiger partial charge in [-0.1, -0.05) is 0 Å². The topological polar surface area (TPSA) is 60.7 Å². The van der Waals surface area contributed by atoms with E-state index < -0.39 is 8.60 Å². The normalized spacial score (nSPS) is 6.00. The van der Waals surface area contributed by atoms with E-state index in [1.807, 2.05) is 0 Å². The van der Waals surface area contributed by atoms with Crippen LogP contribution in [0.3, 0.4) is 0 Å². The Kier molecular flexibility index (Phi) is 25.1. The van der Waals surface area contributed by atoms with Crippen LogP contribution in [0.2, 0.25) is 0 Å². The van der Waals surface area contributed by atoms with Crippen LogP contribution in [0.1, 0.15) is 0 Å². The summed E-state index contributed by atoms with van der Waals surface area (Å²) < 4.78 is 0. The summed E-state index contributed by atoms with van der Waals surface area (Å²) in [6.07, 6.45) is 0. The van der Waals surface area contributed by atoms with Gasteiger partial charge >= 0.3 is 8.60 Å².